The molecule has 9 nitrogen and oxygen atoms in total. The molecule has 0 bridgehead atoms. The molecule has 4 aromatic rings. The summed E-state index contributed by atoms with van der Waals surface area (Å²) < 4.78 is 25.3. The smallest absolute Gasteiger partial charge is 0.270 e. The first-order chi connectivity index (χ1) is 16.3. The lowest BCUT2D eigenvalue weighted by atomic mass is 10.1. The third kappa shape index (κ3) is 4.95. The van der Waals surface area contributed by atoms with Crippen LogP contribution in [-0.2, 0) is 10.9 Å². The first kappa shape index (κ1) is 23.1. The molecule has 1 heterocycles. The van der Waals surface area contributed by atoms with Gasteiger partial charge in [0.25, 0.3) is 11.6 Å². The van der Waals surface area contributed by atoms with E-state index < -0.39 is 21.7 Å². The van der Waals surface area contributed by atoms with Crippen LogP contribution in [0.1, 0.15) is 15.9 Å². The molecule has 0 aliphatic rings. The fraction of sp³-hybridized carbons (Fsp3) is 0.0435. The Morgan fingerprint density at radius 2 is 1.79 bits per heavy atom. The van der Waals surface area contributed by atoms with Gasteiger partial charge in [-0.05, 0) is 31.2 Å². The van der Waals surface area contributed by atoms with Crippen LogP contribution in [0, 0.1) is 17.0 Å². The van der Waals surface area contributed by atoms with Crippen LogP contribution in [0.5, 0.6) is 0 Å². The van der Waals surface area contributed by atoms with Gasteiger partial charge in [0.15, 0.2) is 5.13 Å². The summed E-state index contributed by atoms with van der Waals surface area (Å²) in [6.45, 7) is 1.89. The number of carbonyl (C=O) groups is 1. The molecule has 0 saturated carbocycles. The average molecular weight is 495 g/mol. The molecule has 0 saturated heterocycles. The van der Waals surface area contributed by atoms with Gasteiger partial charge < -0.3 is 0 Å². The lowest BCUT2D eigenvalue weighted by molar-refractivity contribution is -0.384. The molecule has 0 radical (unpaired) electrons. The van der Waals surface area contributed by atoms with Crippen molar-refractivity contribution in [3.63, 3.8) is 0 Å². The van der Waals surface area contributed by atoms with Gasteiger partial charge >= 0.3 is 0 Å². The maximum absolute atomic E-state index is 13.1. The highest BCUT2D eigenvalue weighted by Crippen LogP contribution is 2.31. The van der Waals surface area contributed by atoms with Crippen molar-refractivity contribution in [1.82, 2.24) is 4.98 Å². The number of nitro benzene ring substituents is 1. The number of thiazole rings is 1. The van der Waals surface area contributed by atoms with Crippen molar-refractivity contribution >= 4 is 50.3 Å². The molecule has 0 aliphatic heterocycles. The summed E-state index contributed by atoms with van der Waals surface area (Å²) in [7, 11) is -3.08. The third-order valence-electron chi connectivity index (χ3n) is 4.90. The normalized spacial score (nSPS) is 10.8. The number of non-ortho nitro benzene ring substituents is 1. The Bertz CT molecular complexity index is 1440. The highest BCUT2D eigenvalue weighted by atomic mass is 32.2. The topological polar surface area (TPSA) is 123 Å². The van der Waals surface area contributed by atoms with Crippen LogP contribution in [0.25, 0.3) is 11.3 Å². The summed E-state index contributed by atoms with van der Waals surface area (Å²) in [4.78, 5) is 28.0. The predicted octanol–water partition coefficient (Wildman–Crippen LogP) is 4.94. The van der Waals surface area contributed by atoms with Crippen LogP contribution in [0.15, 0.2) is 78.2 Å². The number of amides is 1. The summed E-state index contributed by atoms with van der Waals surface area (Å²) in [5, 5.41) is 15.7. The van der Waals surface area contributed by atoms with Crippen molar-refractivity contribution in [3.8, 4) is 11.3 Å². The maximum atomic E-state index is 13.1. The van der Waals surface area contributed by atoms with E-state index in [0.29, 0.717) is 16.9 Å². The Morgan fingerprint density at radius 1 is 1.06 bits per heavy atom. The quantitative estimate of drug-likeness (QED) is 0.213. The van der Waals surface area contributed by atoms with E-state index in [1.807, 2.05) is 6.92 Å². The van der Waals surface area contributed by atoms with Crippen molar-refractivity contribution < 1.29 is 18.1 Å². The molecular formula is C23H18N4O5S2. The van der Waals surface area contributed by atoms with Crippen molar-refractivity contribution in [2.75, 3.05) is 9.62 Å². The molecule has 4 rings (SSSR count). The molecule has 0 unspecified atom stereocenters. The SMILES string of the molecule is Cc1ccc(N(c2ccccc2C(=O)Nc2nc(-c3cccc([N+](=O)[O-])c3)cs2)[SH](=O)=O)cc1. The van der Waals surface area contributed by atoms with Gasteiger partial charge in [-0.3, -0.25) is 20.2 Å². The number of benzene rings is 3. The number of aryl methyl sites for hydroxylation is 1. The molecule has 0 atom stereocenters. The highest BCUT2D eigenvalue weighted by molar-refractivity contribution is 7.74. The first-order valence-corrected chi connectivity index (χ1v) is 12.0. The van der Waals surface area contributed by atoms with Gasteiger partial charge in [-0.2, -0.15) is 0 Å². The molecule has 1 aromatic heterocycles. The number of rotatable bonds is 7. The molecule has 1 amide bonds. The highest BCUT2D eigenvalue weighted by Gasteiger charge is 2.21. The van der Waals surface area contributed by atoms with E-state index in [4.69, 9.17) is 0 Å². The zero-order chi connectivity index (χ0) is 24.2. The summed E-state index contributed by atoms with van der Waals surface area (Å²) in [6, 6.07) is 19.3. The fourth-order valence-corrected chi connectivity index (χ4v) is 4.65. The molecule has 172 valence electrons. The second-order valence-corrected chi connectivity index (χ2v) is 8.94. The van der Waals surface area contributed by atoms with Crippen LogP contribution >= 0.6 is 11.3 Å². The van der Waals surface area contributed by atoms with E-state index in [2.05, 4.69) is 10.3 Å². The number of nitrogens with zero attached hydrogens (tertiary/aromatic N) is 3. The van der Waals surface area contributed by atoms with Crippen LogP contribution in [0.2, 0.25) is 0 Å². The van der Waals surface area contributed by atoms with E-state index in [-0.39, 0.29) is 22.1 Å². The standard InChI is InChI=1S/C23H18N4O5S2/c1-15-9-11-17(12-10-15)26(34(31)32)21-8-3-2-7-19(21)22(28)25-23-24-20(14-33-23)16-5-4-6-18(13-16)27(29)30/h2-14,34H,1H3,(H,24,25,28). The number of nitro groups is 1. The molecule has 11 heteroatoms. The molecule has 0 aliphatic carbocycles. The number of hydrogen-bond donors (Lipinski definition) is 2. The summed E-state index contributed by atoms with van der Waals surface area (Å²) in [5.41, 5.74) is 2.68. The van der Waals surface area contributed by atoms with E-state index in [1.54, 1.807) is 60.0 Å². The monoisotopic (exact) mass is 494 g/mol. The number of hydrogen-bond acceptors (Lipinski definition) is 7. The van der Waals surface area contributed by atoms with E-state index in [1.165, 1.54) is 18.2 Å². The Hall–Kier alpha value is -4.09. The van der Waals surface area contributed by atoms with Crippen molar-refractivity contribution in [2.45, 2.75) is 6.92 Å². The second kappa shape index (κ2) is 9.81. The van der Waals surface area contributed by atoms with Gasteiger partial charge in [-0.25, -0.2) is 17.7 Å². The van der Waals surface area contributed by atoms with Gasteiger partial charge in [0.05, 0.1) is 27.6 Å². The van der Waals surface area contributed by atoms with Crippen LogP contribution in [0.4, 0.5) is 22.2 Å². The number of aromatic nitrogens is 1. The van der Waals surface area contributed by atoms with Gasteiger partial charge in [-0.1, -0.05) is 42.0 Å². The van der Waals surface area contributed by atoms with Gasteiger partial charge in [-0.15, -0.1) is 11.3 Å². The molecule has 34 heavy (non-hydrogen) atoms. The largest absolute Gasteiger partial charge is 0.298 e. The summed E-state index contributed by atoms with van der Waals surface area (Å²) >= 11 is 1.15. The minimum Gasteiger partial charge on any atom is -0.298 e. The second-order valence-electron chi connectivity index (χ2n) is 7.20. The Morgan fingerprint density at radius 3 is 2.50 bits per heavy atom. The van der Waals surface area contributed by atoms with Crippen LogP contribution in [-0.4, -0.2) is 24.2 Å². The molecule has 0 spiro atoms. The minimum absolute atomic E-state index is 0.0621. The number of anilines is 3. The van der Waals surface area contributed by atoms with E-state index >= 15 is 0 Å². The Balaban J connectivity index is 1.62. The summed E-state index contributed by atoms with van der Waals surface area (Å²) in [6.07, 6.45) is 0. The van der Waals surface area contributed by atoms with Crippen molar-refractivity contribution in [1.29, 1.82) is 0 Å². The number of thiol groups is 1. The summed E-state index contributed by atoms with van der Waals surface area (Å²) in [5.74, 6) is -0.537. The number of para-hydroxylation sites is 1. The number of carbonyl (C=O) groups excluding carboxylic acids is 1. The number of nitrogens with one attached hydrogen (secondary N) is 1. The minimum atomic E-state index is -3.08. The average Bonchev–Trinajstić information content (AvgIpc) is 3.29. The van der Waals surface area contributed by atoms with Crippen LogP contribution in [0.3, 0.4) is 0 Å². The van der Waals surface area contributed by atoms with Crippen molar-refractivity contribution in [3.05, 3.63) is 99.4 Å². The van der Waals surface area contributed by atoms with E-state index in [0.717, 1.165) is 21.2 Å². The molecular weight excluding hydrogens is 476 g/mol. The lowest BCUT2D eigenvalue weighted by Gasteiger charge is -2.20. The molecule has 0 fully saturated rings. The predicted molar refractivity (Wildman–Crippen MR) is 132 cm³/mol. The zero-order valence-corrected chi connectivity index (χ0v) is 19.5. The zero-order valence-electron chi connectivity index (χ0n) is 17.7. The maximum Gasteiger partial charge on any atom is 0.270 e. The van der Waals surface area contributed by atoms with Gasteiger partial charge in [0.1, 0.15) is 0 Å². The Labute approximate surface area is 200 Å². The van der Waals surface area contributed by atoms with Gasteiger partial charge in [0.2, 0.25) is 10.9 Å². The van der Waals surface area contributed by atoms with E-state index in [9.17, 15) is 23.3 Å². The lowest BCUT2D eigenvalue weighted by Crippen LogP contribution is -2.20. The first-order valence-electron chi connectivity index (χ1n) is 9.95. The van der Waals surface area contributed by atoms with Crippen LogP contribution < -0.4 is 9.62 Å². The van der Waals surface area contributed by atoms with Crippen molar-refractivity contribution in [2.24, 2.45) is 0 Å². The Kier molecular flexibility index (Phi) is 6.66. The third-order valence-corrected chi connectivity index (χ3v) is 6.43. The van der Waals surface area contributed by atoms with Gasteiger partial charge in [0, 0.05) is 23.1 Å². The molecule has 1 N–H and O–H groups in total. The fourth-order valence-electron chi connectivity index (χ4n) is 3.26. The molecule has 3 aromatic carbocycles.